The standard InChI is InChI=1S/C2H5.CH4.CH3.W/c1-2;;;/h1H2,2H3;1H4;1H3;/q-1;;-1;+2. The Balaban J connectivity index is -0.00000000167. The van der Waals surface area contributed by atoms with E-state index in [1.165, 1.54) is 0 Å². The minimum absolute atomic E-state index is 0. The van der Waals surface area contributed by atoms with Gasteiger partial charge in [-0.2, -0.15) is 6.92 Å². The monoisotopic (exact) mass is 244 g/mol. The zero-order chi connectivity index (χ0) is 2.00. The molecule has 0 aromatic rings. The second kappa shape index (κ2) is 135. The van der Waals surface area contributed by atoms with Crippen LogP contribution >= 0.6 is 0 Å². The molecule has 0 aliphatic carbocycles. The van der Waals surface area contributed by atoms with Gasteiger partial charge in [0, 0.05) is 0 Å². The van der Waals surface area contributed by atoms with Crippen LogP contribution in [-0.4, -0.2) is 0 Å². The van der Waals surface area contributed by atoms with Gasteiger partial charge in [-0.15, -0.1) is 0 Å². The van der Waals surface area contributed by atoms with E-state index in [1.807, 2.05) is 0 Å². The van der Waals surface area contributed by atoms with E-state index in [0.717, 1.165) is 0 Å². The minimum atomic E-state index is 0. The Morgan fingerprint density at radius 2 is 1.20 bits per heavy atom. The summed E-state index contributed by atoms with van der Waals surface area (Å²) in [6, 6.07) is 0. The molecule has 0 radical (unpaired) electrons. The first-order valence-corrected chi connectivity index (χ1v) is 0.707. The maximum Gasteiger partial charge on any atom is 2.00 e. The summed E-state index contributed by atoms with van der Waals surface area (Å²) in [5.74, 6) is 0. The van der Waals surface area contributed by atoms with Crippen molar-refractivity contribution >= 4 is 0 Å². The number of hydrogen-bond acceptors (Lipinski definition) is 0. The van der Waals surface area contributed by atoms with Gasteiger partial charge in [0.2, 0.25) is 0 Å². The minimum Gasteiger partial charge on any atom is -0.358 e. The molecular formula is C4H12W. The van der Waals surface area contributed by atoms with Gasteiger partial charge >= 0.3 is 21.1 Å². The Hall–Kier alpha value is 0.688. The summed E-state index contributed by atoms with van der Waals surface area (Å²) in [5.41, 5.74) is 0. The fourth-order valence-electron chi connectivity index (χ4n) is 0. The Morgan fingerprint density at radius 3 is 1.20 bits per heavy atom. The molecule has 0 fully saturated rings. The van der Waals surface area contributed by atoms with Crippen molar-refractivity contribution in [2.75, 3.05) is 0 Å². The third-order valence-electron chi connectivity index (χ3n) is 0. The molecular weight excluding hydrogens is 232 g/mol. The van der Waals surface area contributed by atoms with E-state index in [0.29, 0.717) is 0 Å². The molecule has 0 rings (SSSR count). The van der Waals surface area contributed by atoms with Crippen molar-refractivity contribution in [2.45, 2.75) is 14.4 Å². The van der Waals surface area contributed by atoms with Gasteiger partial charge in [-0.3, -0.25) is 0 Å². The summed E-state index contributed by atoms with van der Waals surface area (Å²) < 4.78 is 0. The molecule has 5 heavy (non-hydrogen) atoms. The Labute approximate surface area is 50.2 Å². The molecule has 1 heteroatoms. The summed E-state index contributed by atoms with van der Waals surface area (Å²) in [5, 5.41) is 0. The van der Waals surface area contributed by atoms with Crippen LogP contribution < -0.4 is 0 Å². The molecule has 0 aliphatic rings. The summed E-state index contributed by atoms with van der Waals surface area (Å²) in [6.07, 6.45) is 0. The fraction of sp³-hybridized carbons (Fsp3) is 0.500. The zero-order valence-corrected chi connectivity index (χ0v) is 6.05. The van der Waals surface area contributed by atoms with Gasteiger partial charge in [0.1, 0.15) is 0 Å². The van der Waals surface area contributed by atoms with Gasteiger partial charge in [0.25, 0.3) is 0 Å². The second-order valence-corrected chi connectivity index (χ2v) is 0. The zero-order valence-electron chi connectivity index (χ0n) is 3.12. The molecule has 0 amide bonds. The van der Waals surface area contributed by atoms with E-state index in [2.05, 4.69) is 6.92 Å². The largest absolute Gasteiger partial charge is 2.00 e. The van der Waals surface area contributed by atoms with E-state index in [1.54, 1.807) is 6.92 Å². The average Bonchev–Trinajstić information content (AvgIpc) is 1.00. The van der Waals surface area contributed by atoms with Crippen molar-refractivity contribution in [1.29, 1.82) is 0 Å². The van der Waals surface area contributed by atoms with E-state index in [4.69, 9.17) is 0 Å². The summed E-state index contributed by atoms with van der Waals surface area (Å²) in [4.78, 5) is 0. The first-order chi connectivity index (χ1) is 1.00. The Bertz CT molecular complexity index is 3.61. The third kappa shape index (κ3) is 71.5. The number of hydrogen-bond donors (Lipinski definition) is 0. The van der Waals surface area contributed by atoms with Gasteiger partial charge in [-0.05, 0) is 0 Å². The smallest absolute Gasteiger partial charge is 0.358 e. The molecule has 0 aliphatic heterocycles. The van der Waals surface area contributed by atoms with E-state index in [9.17, 15) is 0 Å². The quantitative estimate of drug-likeness (QED) is 0.571. The van der Waals surface area contributed by atoms with Crippen LogP contribution in [0.1, 0.15) is 14.4 Å². The molecule has 0 nitrogen and oxygen atoms in total. The molecule has 0 saturated heterocycles. The molecule has 34 valence electrons. The van der Waals surface area contributed by atoms with E-state index >= 15 is 0 Å². The topological polar surface area (TPSA) is 0 Å². The van der Waals surface area contributed by atoms with Crippen molar-refractivity contribution in [3.63, 3.8) is 0 Å². The van der Waals surface area contributed by atoms with E-state index in [-0.39, 0.29) is 35.9 Å². The second-order valence-electron chi connectivity index (χ2n) is 0. The molecule has 0 spiro atoms. The maximum absolute atomic E-state index is 3.25. The fourth-order valence-corrected chi connectivity index (χ4v) is 0. The first kappa shape index (κ1) is 43.9. The molecule has 0 saturated carbocycles. The molecule has 0 heterocycles. The molecule has 0 unspecified atom stereocenters. The maximum atomic E-state index is 3.25. The van der Waals surface area contributed by atoms with Crippen LogP contribution in [0.25, 0.3) is 0 Å². The normalized spacial score (nSPS) is 1.20. The number of rotatable bonds is 0. The van der Waals surface area contributed by atoms with Crippen molar-refractivity contribution < 1.29 is 21.1 Å². The van der Waals surface area contributed by atoms with E-state index < -0.39 is 0 Å². The average molecular weight is 244 g/mol. The molecule has 0 aromatic heterocycles. The van der Waals surface area contributed by atoms with Gasteiger partial charge in [0.15, 0.2) is 0 Å². The third-order valence-corrected chi connectivity index (χ3v) is 0. The van der Waals surface area contributed by atoms with Crippen LogP contribution in [0.5, 0.6) is 0 Å². The molecule has 0 atom stereocenters. The van der Waals surface area contributed by atoms with Crippen LogP contribution in [0.3, 0.4) is 0 Å². The summed E-state index contributed by atoms with van der Waals surface area (Å²) in [6.45, 7) is 5.00. The van der Waals surface area contributed by atoms with Crippen LogP contribution in [0.2, 0.25) is 0 Å². The Morgan fingerprint density at radius 1 is 1.20 bits per heavy atom. The van der Waals surface area contributed by atoms with Crippen LogP contribution in [0.15, 0.2) is 0 Å². The van der Waals surface area contributed by atoms with Gasteiger partial charge < -0.3 is 14.4 Å². The SMILES string of the molecule is C.[CH2-]C.[CH3-].[W+2]. The molecule has 0 bridgehead atoms. The Kier molecular flexibility index (Phi) is 1180. The predicted octanol–water partition coefficient (Wildman–Crippen LogP) is 1.92. The van der Waals surface area contributed by atoms with Crippen molar-refractivity contribution in [2.24, 2.45) is 0 Å². The summed E-state index contributed by atoms with van der Waals surface area (Å²) in [7, 11) is 0. The van der Waals surface area contributed by atoms with Crippen LogP contribution in [0.4, 0.5) is 0 Å². The summed E-state index contributed by atoms with van der Waals surface area (Å²) >= 11 is 0. The van der Waals surface area contributed by atoms with Crippen LogP contribution in [0, 0.1) is 14.4 Å². The van der Waals surface area contributed by atoms with Gasteiger partial charge in [0.05, 0.1) is 0 Å². The van der Waals surface area contributed by atoms with Crippen molar-refractivity contribution in [3.8, 4) is 0 Å². The molecule has 0 aromatic carbocycles. The van der Waals surface area contributed by atoms with Gasteiger partial charge in [-0.25, -0.2) is 0 Å². The van der Waals surface area contributed by atoms with Crippen LogP contribution in [-0.2, 0) is 21.1 Å². The first-order valence-electron chi connectivity index (χ1n) is 0.707. The predicted molar refractivity (Wildman–Crippen MR) is 24.2 cm³/mol. The molecule has 0 N–H and O–H groups in total. The van der Waals surface area contributed by atoms with Gasteiger partial charge in [-0.1, -0.05) is 7.43 Å². The van der Waals surface area contributed by atoms with Crippen molar-refractivity contribution in [1.82, 2.24) is 0 Å². The van der Waals surface area contributed by atoms with Crippen molar-refractivity contribution in [3.05, 3.63) is 14.4 Å².